The summed E-state index contributed by atoms with van der Waals surface area (Å²) in [6, 6.07) is 8.90. The number of benzene rings is 2. The number of nitro benzene ring substituents is 1. The van der Waals surface area contributed by atoms with Gasteiger partial charge in [0.05, 0.1) is 23.1 Å². The largest absolute Gasteiger partial charge is 0.508 e. The van der Waals surface area contributed by atoms with Crippen molar-refractivity contribution in [3.8, 4) is 5.75 Å². The van der Waals surface area contributed by atoms with Crippen molar-refractivity contribution in [1.29, 1.82) is 0 Å². The van der Waals surface area contributed by atoms with Crippen molar-refractivity contribution in [3.63, 3.8) is 0 Å². The number of carbonyl (C=O) groups is 1. The molecule has 0 radical (unpaired) electrons. The topological polar surface area (TPSA) is 105 Å². The molecule has 0 aromatic heterocycles. The van der Waals surface area contributed by atoms with Crippen LogP contribution in [-0.4, -0.2) is 22.2 Å². The van der Waals surface area contributed by atoms with Crippen molar-refractivity contribution in [3.05, 3.63) is 69.5 Å². The maximum Gasteiger partial charge on any atom is 0.278 e. The second kappa shape index (κ2) is 7.12. The Labute approximate surface area is 130 Å². The summed E-state index contributed by atoms with van der Waals surface area (Å²) in [5.74, 6) is -1.02. The second-order valence-electron chi connectivity index (χ2n) is 4.60. The maximum absolute atomic E-state index is 12.8. The smallest absolute Gasteiger partial charge is 0.278 e. The van der Waals surface area contributed by atoms with E-state index in [-0.39, 0.29) is 23.4 Å². The zero-order valence-corrected chi connectivity index (χ0v) is 11.8. The summed E-state index contributed by atoms with van der Waals surface area (Å²) < 4.78 is 12.8. The van der Waals surface area contributed by atoms with Gasteiger partial charge < -0.3 is 5.11 Å². The second-order valence-corrected chi connectivity index (χ2v) is 4.60. The van der Waals surface area contributed by atoms with Crippen molar-refractivity contribution in [2.45, 2.75) is 6.42 Å². The van der Waals surface area contributed by atoms with Crippen LogP contribution in [0.25, 0.3) is 0 Å². The zero-order chi connectivity index (χ0) is 16.8. The molecule has 2 aromatic carbocycles. The third-order valence-electron chi connectivity index (χ3n) is 2.88. The first-order chi connectivity index (χ1) is 11.0. The van der Waals surface area contributed by atoms with Gasteiger partial charge in [-0.15, -0.1) is 0 Å². The molecular formula is C15H12FN3O4. The number of nitro groups is 1. The van der Waals surface area contributed by atoms with Crippen LogP contribution in [0.3, 0.4) is 0 Å². The van der Waals surface area contributed by atoms with Crippen molar-refractivity contribution >= 4 is 17.8 Å². The molecule has 0 aliphatic carbocycles. The van der Waals surface area contributed by atoms with Gasteiger partial charge in [0.1, 0.15) is 11.6 Å². The molecule has 0 saturated carbocycles. The zero-order valence-electron chi connectivity index (χ0n) is 11.8. The molecule has 0 aliphatic rings. The van der Waals surface area contributed by atoms with Crippen molar-refractivity contribution in [2.75, 3.05) is 0 Å². The standard InChI is InChI=1S/C15H12FN3O4/c16-12-3-1-10(2-4-12)7-15(21)18-17-9-11-8-13(20)5-6-14(11)19(22)23/h1-6,8-9,20H,7H2,(H,18,21)/b17-9+. The number of aromatic hydroxyl groups is 1. The van der Waals surface area contributed by atoms with Crippen LogP contribution >= 0.6 is 0 Å². The minimum absolute atomic E-state index is 0.0141. The lowest BCUT2D eigenvalue weighted by Gasteiger charge is -2.01. The summed E-state index contributed by atoms with van der Waals surface area (Å²) in [7, 11) is 0. The number of halogens is 1. The maximum atomic E-state index is 12.8. The quantitative estimate of drug-likeness (QED) is 0.500. The highest BCUT2D eigenvalue weighted by Gasteiger charge is 2.12. The number of rotatable bonds is 5. The molecule has 118 valence electrons. The minimum Gasteiger partial charge on any atom is -0.508 e. The lowest BCUT2D eigenvalue weighted by molar-refractivity contribution is -0.385. The summed E-state index contributed by atoms with van der Waals surface area (Å²) in [5.41, 5.74) is 2.61. The average molecular weight is 317 g/mol. The molecule has 1 amide bonds. The first kappa shape index (κ1) is 16.1. The van der Waals surface area contributed by atoms with E-state index in [0.717, 1.165) is 18.3 Å². The Morgan fingerprint density at radius 2 is 2.00 bits per heavy atom. The van der Waals surface area contributed by atoms with E-state index in [9.17, 15) is 24.4 Å². The number of phenols is 1. The van der Waals surface area contributed by atoms with Crippen LogP contribution in [0.5, 0.6) is 5.75 Å². The summed E-state index contributed by atoms with van der Waals surface area (Å²) in [6.45, 7) is 0. The van der Waals surface area contributed by atoms with Crippen LogP contribution in [0, 0.1) is 15.9 Å². The predicted octanol–water partition coefficient (Wildman–Crippen LogP) is 2.13. The Hall–Kier alpha value is -3.29. The molecule has 2 N–H and O–H groups in total. The summed E-state index contributed by atoms with van der Waals surface area (Å²) in [4.78, 5) is 21.9. The van der Waals surface area contributed by atoms with Gasteiger partial charge in [0.25, 0.3) is 5.69 Å². The fourth-order valence-corrected chi connectivity index (χ4v) is 1.81. The Kier molecular flexibility index (Phi) is 4.98. The fraction of sp³-hybridized carbons (Fsp3) is 0.0667. The van der Waals surface area contributed by atoms with E-state index in [1.54, 1.807) is 0 Å². The summed E-state index contributed by atoms with van der Waals surface area (Å²) in [5, 5.41) is 23.8. The first-order valence-electron chi connectivity index (χ1n) is 6.49. The fourth-order valence-electron chi connectivity index (χ4n) is 1.81. The predicted molar refractivity (Wildman–Crippen MR) is 80.6 cm³/mol. The normalized spacial score (nSPS) is 10.7. The van der Waals surface area contributed by atoms with Crippen LogP contribution in [0.15, 0.2) is 47.6 Å². The SMILES string of the molecule is O=C(Cc1ccc(F)cc1)N/N=C/c1cc(O)ccc1[N+](=O)[O-]. The highest BCUT2D eigenvalue weighted by atomic mass is 19.1. The van der Waals surface area contributed by atoms with Crippen LogP contribution in [0.1, 0.15) is 11.1 Å². The number of hydrogen-bond acceptors (Lipinski definition) is 5. The number of carbonyl (C=O) groups excluding carboxylic acids is 1. The lowest BCUT2D eigenvalue weighted by Crippen LogP contribution is -2.19. The third kappa shape index (κ3) is 4.60. The van der Waals surface area contributed by atoms with Crippen LogP contribution < -0.4 is 5.43 Å². The Balaban J connectivity index is 2.01. The van der Waals surface area contributed by atoms with Gasteiger partial charge in [0.2, 0.25) is 5.91 Å². The number of phenolic OH excluding ortho intramolecular Hbond substituents is 1. The van der Waals surface area contributed by atoms with Crippen LogP contribution in [-0.2, 0) is 11.2 Å². The number of nitrogens with zero attached hydrogens (tertiary/aromatic N) is 2. The van der Waals surface area contributed by atoms with Gasteiger partial charge in [0, 0.05) is 6.07 Å². The van der Waals surface area contributed by atoms with E-state index in [1.165, 1.54) is 30.3 Å². The van der Waals surface area contributed by atoms with Crippen molar-refractivity contribution < 1.29 is 19.2 Å². The van der Waals surface area contributed by atoms with E-state index in [1.807, 2.05) is 0 Å². The van der Waals surface area contributed by atoms with Gasteiger partial charge in [-0.25, -0.2) is 9.82 Å². The Morgan fingerprint density at radius 3 is 2.65 bits per heavy atom. The van der Waals surface area contributed by atoms with Crippen LogP contribution in [0.4, 0.5) is 10.1 Å². The molecule has 0 saturated heterocycles. The summed E-state index contributed by atoms with van der Waals surface area (Å²) in [6.07, 6.45) is 1.06. The van der Waals surface area contributed by atoms with E-state index < -0.39 is 16.6 Å². The van der Waals surface area contributed by atoms with Gasteiger partial charge in [-0.05, 0) is 29.8 Å². The molecule has 0 heterocycles. The molecule has 0 atom stereocenters. The molecule has 0 spiro atoms. The average Bonchev–Trinajstić information content (AvgIpc) is 2.49. The highest BCUT2D eigenvalue weighted by molar-refractivity contribution is 5.87. The first-order valence-corrected chi connectivity index (χ1v) is 6.49. The summed E-state index contributed by atoms with van der Waals surface area (Å²) >= 11 is 0. The molecule has 0 unspecified atom stereocenters. The van der Waals surface area contributed by atoms with Gasteiger partial charge in [-0.3, -0.25) is 14.9 Å². The van der Waals surface area contributed by atoms with Gasteiger partial charge in [0.15, 0.2) is 0 Å². The molecule has 0 fully saturated rings. The van der Waals surface area contributed by atoms with Crippen LogP contribution in [0.2, 0.25) is 0 Å². The van der Waals surface area contributed by atoms with E-state index >= 15 is 0 Å². The number of hydrogen-bond donors (Lipinski definition) is 2. The highest BCUT2D eigenvalue weighted by Crippen LogP contribution is 2.21. The Bertz CT molecular complexity index is 760. The monoisotopic (exact) mass is 317 g/mol. The minimum atomic E-state index is -0.624. The molecule has 2 rings (SSSR count). The van der Waals surface area contributed by atoms with E-state index in [0.29, 0.717) is 5.56 Å². The van der Waals surface area contributed by atoms with Gasteiger partial charge >= 0.3 is 0 Å². The van der Waals surface area contributed by atoms with E-state index in [2.05, 4.69) is 10.5 Å². The lowest BCUT2D eigenvalue weighted by atomic mass is 10.1. The Morgan fingerprint density at radius 1 is 1.30 bits per heavy atom. The van der Waals surface area contributed by atoms with E-state index in [4.69, 9.17) is 0 Å². The van der Waals surface area contributed by atoms with Crippen molar-refractivity contribution in [1.82, 2.24) is 5.43 Å². The van der Waals surface area contributed by atoms with Gasteiger partial charge in [-0.2, -0.15) is 5.10 Å². The molecule has 0 aliphatic heterocycles. The number of hydrazone groups is 1. The van der Waals surface area contributed by atoms with Gasteiger partial charge in [-0.1, -0.05) is 12.1 Å². The number of amides is 1. The molecule has 2 aromatic rings. The number of nitrogens with one attached hydrogen (secondary N) is 1. The molecule has 0 bridgehead atoms. The molecule has 8 heteroatoms. The molecule has 23 heavy (non-hydrogen) atoms. The van der Waals surface area contributed by atoms with Crippen molar-refractivity contribution in [2.24, 2.45) is 5.10 Å². The molecule has 7 nitrogen and oxygen atoms in total. The third-order valence-corrected chi connectivity index (χ3v) is 2.88. The molecular weight excluding hydrogens is 305 g/mol.